The van der Waals surface area contributed by atoms with Gasteiger partial charge in [-0.15, -0.1) is 0 Å². The lowest BCUT2D eigenvalue weighted by atomic mass is 9.83. The van der Waals surface area contributed by atoms with Crippen LogP contribution >= 0.6 is 0 Å². The molecule has 0 amide bonds. The number of hydrogen-bond donors (Lipinski definition) is 1. The molecule has 2 rings (SSSR count). The zero-order chi connectivity index (χ0) is 34.8. The van der Waals surface area contributed by atoms with Gasteiger partial charge in [0.25, 0.3) is 0 Å². The number of benzene rings is 1. The first-order chi connectivity index (χ1) is 22.4. The van der Waals surface area contributed by atoms with Crippen molar-refractivity contribution in [2.45, 2.75) is 144 Å². The highest BCUT2D eigenvalue weighted by Gasteiger charge is 2.35. The zero-order valence-electron chi connectivity index (χ0n) is 31.0. The number of hydrogen-bond acceptors (Lipinski definition) is 8. The van der Waals surface area contributed by atoms with Crippen LogP contribution in [0, 0.1) is 38.5 Å². The molecule has 0 saturated carbocycles. The van der Waals surface area contributed by atoms with Crippen LogP contribution in [0.2, 0.25) is 0 Å². The van der Waals surface area contributed by atoms with Crippen molar-refractivity contribution in [3.63, 3.8) is 0 Å². The van der Waals surface area contributed by atoms with Crippen LogP contribution in [0.15, 0.2) is 0 Å². The van der Waals surface area contributed by atoms with E-state index in [1.165, 1.54) is 51.4 Å². The van der Waals surface area contributed by atoms with Crippen LogP contribution in [0.5, 0.6) is 11.5 Å². The van der Waals surface area contributed by atoms with Gasteiger partial charge in [-0.25, -0.2) is 0 Å². The molecule has 1 aliphatic rings. The number of aliphatic hydroxyl groups excluding tert-OH is 1. The van der Waals surface area contributed by atoms with Gasteiger partial charge in [0.2, 0.25) is 0 Å². The second-order valence-electron chi connectivity index (χ2n) is 14.6. The standard InChI is InChI=1S/C39H66O8/c1-28(2)12-9-13-29(3)14-10-15-30(4)16-11-20-39(8)21-19-34-33(7)37(31(5)32(6)38(34)47-39)46-36(42)18-17-35(41)45-27-26-44-25-24-43-23-22-40/h28-30,40H,9-27H2,1-8H3/t29-,30+,39-/m0/s1. The van der Waals surface area contributed by atoms with Crippen molar-refractivity contribution in [1.29, 1.82) is 0 Å². The minimum atomic E-state index is -0.471. The quantitative estimate of drug-likeness (QED) is 0.0669. The minimum absolute atomic E-state index is 0.0303. The van der Waals surface area contributed by atoms with Gasteiger partial charge in [0, 0.05) is 5.56 Å². The molecule has 0 spiro atoms. The van der Waals surface area contributed by atoms with Crippen molar-refractivity contribution in [2.75, 3.05) is 39.6 Å². The van der Waals surface area contributed by atoms with E-state index in [-0.39, 0.29) is 44.9 Å². The predicted molar refractivity (Wildman–Crippen MR) is 187 cm³/mol. The highest BCUT2D eigenvalue weighted by Crippen LogP contribution is 2.45. The molecule has 8 nitrogen and oxygen atoms in total. The van der Waals surface area contributed by atoms with Crippen LogP contribution < -0.4 is 9.47 Å². The number of esters is 2. The molecule has 1 heterocycles. The lowest BCUT2D eigenvalue weighted by Gasteiger charge is -2.38. The Balaban J connectivity index is 1.78. The van der Waals surface area contributed by atoms with Crippen molar-refractivity contribution in [3.8, 4) is 11.5 Å². The SMILES string of the molecule is Cc1c(C)c2c(c(C)c1OC(=O)CCC(=O)OCCOCCOCCO)CC[C@](C)(CCC[C@H](C)CCC[C@@H](C)CCCC(C)C)O2. The van der Waals surface area contributed by atoms with Gasteiger partial charge in [0.15, 0.2) is 0 Å². The van der Waals surface area contributed by atoms with Gasteiger partial charge in [-0.3, -0.25) is 9.59 Å². The van der Waals surface area contributed by atoms with Gasteiger partial charge in [-0.1, -0.05) is 72.6 Å². The normalized spacial score (nSPS) is 17.2. The molecular weight excluding hydrogens is 596 g/mol. The van der Waals surface area contributed by atoms with Gasteiger partial charge in [0.05, 0.1) is 45.9 Å². The summed E-state index contributed by atoms with van der Waals surface area (Å²) in [5.74, 6) is 2.98. The average Bonchev–Trinajstić information content (AvgIpc) is 3.02. The predicted octanol–water partition coefficient (Wildman–Crippen LogP) is 8.39. The van der Waals surface area contributed by atoms with Gasteiger partial charge in [0.1, 0.15) is 23.7 Å². The second kappa shape index (κ2) is 21.7. The number of fused-ring (bicyclic) bond motifs is 1. The van der Waals surface area contributed by atoms with E-state index in [9.17, 15) is 9.59 Å². The minimum Gasteiger partial charge on any atom is -0.487 e. The van der Waals surface area contributed by atoms with Gasteiger partial charge in [-0.05, 0) is 87.8 Å². The molecular formula is C39H66O8. The largest absolute Gasteiger partial charge is 0.487 e. The van der Waals surface area contributed by atoms with E-state index in [0.29, 0.717) is 19.0 Å². The summed E-state index contributed by atoms with van der Waals surface area (Å²) in [7, 11) is 0. The molecule has 1 aliphatic heterocycles. The van der Waals surface area contributed by atoms with Gasteiger partial charge < -0.3 is 28.8 Å². The van der Waals surface area contributed by atoms with E-state index < -0.39 is 11.9 Å². The second-order valence-corrected chi connectivity index (χ2v) is 14.6. The van der Waals surface area contributed by atoms with Crippen molar-refractivity contribution in [3.05, 3.63) is 22.3 Å². The van der Waals surface area contributed by atoms with Crippen LogP contribution in [-0.2, 0) is 30.2 Å². The first kappa shape index (κ1) is 41.0. The molecule has 0 saturated heterocycles. The molecule has 0 unspecified atom stereocenters. The summed E-state index contributed by atoms with van der Waals surface area (Å²) in [6.07, 6.45) is 13.2. The summed E-state index contributed by atoms with van der Waals surface area (Å²) in [5, 5.41) is 8.67. The maximum absolute atomic E-state index is 12.7. The molecule has 0 aromatic heterocycles. The molecule has 1 aromatic rings. The van der Waals surface area contributed by atoms with Crippen molar-refractivity contribution < 1.29 is 38.4 Å². The maximum atomic E-state index is 12.7. The molecule has 0 bridgehead atoms. The fourth-order valence-electron chi connectivity index (χ4n) is 6.46. The molecule has 47 heavy (non-hydrogen) atoms. The zero-order valence-corrected chi connectivity index (χ0v) is 31.0. The number of carbonyl (C=O) groups is 2. The Morgan fingerprint density at radius 2 is 1.34 bits per heavy atom. The first-order valence-corrected chi connectivity index (χ1v) is 18.3. The maximum Gasteiger partial charge on any atom is 0.311 e. The highest BCUT2D eigenvalue weighted by atomic mass is 16.6. The summed E-state index contributed by atoms with van der Waals surface area (Å²) in [5.41, 5.74) is 3.77. The Morgan fingerprint density at radius 3 is 1.98 bits per heavy atom. The Labute approximate surface area is 285 Å². The summed E-state index contributed by atoms with van der Waals surface area (Å²) in [6, 6.07) is 0. The fraction of sp³-hybridized carbons (Fsp3) is 0.795. The molecule has 1 N–H and O–H groups in total. The Kier molecular flexibility index (Phi) is 19.0. The molecule has 8 heteroatoms. The van der Waals surface area contributed by atoms with Crippen LogP contribution in [0.1, 0.15) is 134 Å². The van der Waals surface area contributed by atoms with Crippen LogP contribution in [-0.4, -0.2) is 62.3 Å². The molecule has 3 atom stereocenters. The van der Waals surface area contributed by atoms with Crippen LogP contribution in [0.25, 0.3) is 0 Å². The lowest BCUT2D eigenvalue weighted by molar-refractivity contribution is -0.148. The smallest absolute Gasteiger partial charge is 0.311 e. The Hall–Kier alpha value is -2.16. The lowest BCUT2D eigenvalue weighted by Crippen LogP contribution is -2.37. The number of aliphatic hydroxyl groups is 1. The van der Waals surface area contributed by atoms with Crippen LogP contribution in [0.3, 0.4) is 0 Å². The molecule has 0 aliphatic carbocycles. The van der Waals surface area contributed by atoms with Crippen LogP contribution in [0.4, 0.5) is 0 Å². The third kappa shape index (κ3) is 15.3. The molecule has 0 radical (unpaired) electrons. The highest BCUT2D eigenvalue weighted by molar-refractivity contribution is 5.80. The van der Waals surface area contributed by atoms with E-state index in [2.05, 4.69) is 34.6 Å². The van der Waals surface area contributed by atoms with E-state index in [1.54, 1.807) is 0 Å². The number of carbonyl (C=O) groups excluding carboxylic acids is 2. The number of ether oxygens (including phenoxy) is 5. The monoisotopic (exact) mass is 662 g/mol. The summed E-state index contributed by atoms with van der Waals surface area (Å²) < 4.78 is 28.1. The summed E-state index contributed by atoms with van der Waals surface area (Å²) >= 11 is 0. The molecule has 0 fully saturated rings. The van der Waals surface area contributed by atoms with Crippen molar-refractivity contribution in [2.24, 2.45) is 17.8 Å². The Morgan fingerprint density at radius 1 is 0.766 bits per heavy atom. The van der Waals surface area contributed by atoms with Gasteiger partial charge >= 0.3 is 11.9 Å². The number of rotatable bonds is 24. The molecule has 270 valence electrons. The van der Waals surface area contributed by atoms with E-state index in [0.717, 1.165) is 65.0 Å². The van der Waals surface area contributed by atoms with Gasteiger partial charge in [-0.2, -0.15) is 0 Å². The third-order valence-corrected chi connectivity index (χ3v) is 9.69. The van der Waals surface area contributed by atoms with Crippen molar-refractivity contribution >= 4 is 11.9 Å². The fourth-order valence-corrected chi connectivity index (χ4v) is 6.46. The Bertz CT molecular complexity index is 1080. The average molecular weight is 663 g/mol. The van der Waals surface area contributed by atoms with Crippen molar-refractivity contribution in [1.82, 2.24) is 0 Å². The van der Waals surface area contributed by atoms with E-state index in [4.69, 9.17) is 28.8 Å². The molecule has 1 aromatic carbocycles. The third-order valence-electron chi connectivity index (χ3n) is 9.69. The summed E-state index contributed by atoms with van der Waals surface area (Å²) in [6.45, 7) is 19.0. The van der Waals surface area contributed by atoms with E-state index in [1.807, 2.05) is 20.8 Å². The van der Waals surface area contributed by atoms with E-state index >= 15 is 0 Å². The topological polar surface area (TPSA) is 101 Å². The summed E-state index contributed by atoms with van der Waals surface area (Å²) in [4.78, 5) is 24.8. The first-order valence-electron chi connectivity index (χ1n) is 18.3.